The molecule has 0 radical (unpaired) electrons. The molecule has 1 unspecified atom stereocenters. The third kappa shape index (κ3) is 5.13. The zero-order valence-electron chi connectivity index (χ0n) is 12.2. The van der Waals surface area contributed by atoms with Crippen LogP contribution in [0.5, 0.6) is 0 Å². The van der Waals surface area contributed by atoms with E-state index >= 15 is 0 Å². The Balaban J connectivity index is 3.07. The van der Waals surface area contributed by atoms with Crippen molar-refractivity contribution < 1.29 is 9.84 Å². The molecule has 108 valence electrons. The number of rotatable bonds is 7. The lowest BCUT2D eigenvalue weighted by atomic mass is 10.1. The molecule has 3 nitrogen and oxygen atoms in total. The smallest absolute Gasteiger partial charge is 0.0782 e. The average molecular weight is 330 g/mol. The van der Waals surface area contributed by atoms with Gasteiger partial charge in [-0.15, -0.1) is 0 Å². The van der Waals surface area contributed by atoms with Crippen LogP contribution in [-0.4, -0.2) is 31.9 Å². The first kappa shape index (κ1) is 16.5. The topological polar surface area (TPSA) is 32.7 Å². The van der Waals surface area contributed by atoms with Crippen LogP contribution in [0.2, 0.25) is 0 Å². The summed E-state index contributed by atoms with van der Waals surface area (Å²) in [6.07, 6.45) is -0.472. The first-order valence-electron chi connectivity index (χ1n) is 6.67. The summed E-state index contributed by atoms with van der Waals surface area (Å²) < 4.78 is 6.22. The van der Waals surface area contributed by atoms with Gasteiger partial charge in [-0.05, 0) is 25.0 Å². The lowest BCUT2D eigenvalue weighted by molar-refractivity contribution is 0.197. The summed E-state index contributed by atoms with van der Waals surface area (Å²) in [6, 6.07) is 6.01. The van der Waals surface area contributed by atoms with Crippen LogP contribution in [0, 0.1) is 5.92 Å². The molecule has 0 aliphatic heterocycles. The van der Waals surface area contributed by atoms with Crippen molar-refractivity contribution in [1.82, 2.24) is 0 Å². The number of ether oxygens (including phenoxy) is 1. The minimum Gasteiger partial charge on any atom is -0.389 e. The highest BCUT2D eigenvalue weighted by Gasteiger charge is 2.16. The van der Waals surface area contributed by atoms with Gasteiger partial charge in [0.05, 0.1) is 12.7 Å². The van der Waals surface area contributed by atoms with Crippen molar-refractivity contribution in [3.8, 4) is 0 Å². The molecule has 0 saturated heterocycles. The van der Waals surface area contributed by atoms with Crippen LogP contribution in [0.1, 0.15) is 32.4 Å². The fourth-order valence-corrected chi connectivity index (χ4v) is 2.45. The minimum atomic E-state index is -0.472. The molecular formula is C15H24BrNO2. The Kier molecular flexibility index (Phi) is 6.83. The van der Waals surface area contributed by atoms with E-state index in [1.165, 1.54) is 0 Å². The summed E-state index contributed by atoms with van der Waals surface area (Å²) in [4.78, 5) is 2.28. The van der Waals surface area contributed by atoms with Crippen LogP contribution in [-0.2, 0) is 4.74 Å². The van der Waals surface area contributed by atoms with Crippen molar-refractivity contribution in [1.29, 1.82) is 0 Å². The SMILES string of the molecule is COCCN(CC(C)C)c1cc(Br)ccc1C(C)O. The van der Waals surface area contributed by atoms with Crippen LogP contribution in [0.4, 0.5) is 5.69 Å². The largest absolute Gasteiger partial charge is 0.389 e. The van der Waals surface area contributed by atoms with Gasteiger partial charge in [-0.3, -0.25) is 0 Å². The molecular weight excluding hydrogens is 306 g/mol. The number of anilines is 1. The highest BCUT2D eigenvalue weighted by atomic mass is 79.9. The molecule has 0 amide bonds. The molecule has 1 atom stereocenters. The fourth-order valence-electron chi connectivity index (χ4n) is 2.10. The van der Waals surface area contributed by atoms with Gasteiger partial charge in [0.1, 0.15) is 0 Å². The van der Waals surface area contributed by atoms with Crippen molar-refractivity contribution in [3.63, 3.8) is 0 Å². The van der Waals surface area contributed by atoms with E-state index in [-0.39, 0.29) is 0 Å². The van der Waals surface area contributed by atoms with Gasteiger partial charge in [0, 0.05) is 35.9 Å². The summed E-state index contributed by atoms with van der Waals surface area (Å²) in [7, 11) is 1.71. The summed E-state index contributed by atoms with van der Waals surface area (Å²) in [5.41, 5.74) is 2.04. The van der Waals surface area contributed by atoms with Gasteiger partial charge in [-0.2, -0.15) is 0 Å². The highest BCUT2D eigenvalue weighted by molar-refractivity contribution is 9.10. The standard InChI is InChI=1S/C15H24BrNO2/c1-11(2)10-17(7-8-19-4)15-9-13(16)5-6-14(15)12(3)18/h5-6,9,11-12,18H,7-8,10H2,1-4H3. The normalized spacial score (nSPS) is 12.8. The molecule has 4 heteroatoms. The first-order chi connectivity index (χ1) is 8.95. The van der Waals surface area contributed by atoms with E-state index in [1.807, 2.05) is 12.1 Å². The molecule has 0 spiro atoms. The van der Waals surface area contributed by atoms with Crippen molar-refractivity contribution in [3.05, 3.63) is 28.2 Å². The van der Waals surface area contributed by atoms with Gasteiger partial charge < -0.3 is 14.7 Å². The van der Waals surface area contributed by atoms with Gasteiger partial charge in [-0.1, -0.05) is 35.8 Å². The maximum absolute atomic E-state index is 9.93. The second kappa shape index (κ2) is 7.88. The average Bonchev–Trinajstić information content (AvgIpc) is 2.33. The van der Waals surface area contributed by atoms with E-state index in [1.54, 1.807) is 14.0 Å². The number of aliphatic hydroxyl groups is 1. The molecule has 0 heterocycles. The monoisotopic (exact) mass is 329 g/mol. The lowest BCUT2D eigenvalue weighted by Gasteiger charge is -2.29. The lowest BCUT2D eigenvalue weighted by Crippen LogP contribution is -2.32. The molecule has 0 aliphatic carbocycles. The van der Waals surface area contributed by atoms with Gasteiger partial charge in [-0.25, -0.2) is 0 Å². The van der Waals surface area contributed by atoms with Crippen LogP contribution in [0.3, 0.4) is 0 Å². The molecule has 1 aromatic rings. The van der Waals surface area contributed by atoms with Crippen molar-refractivity contribution in [2.24, 2.45) is 5.92 Å². The Bertz CT molecular complexity index is 394. The van der Waals surface area contributed by atoms with Crippen LogP contribution in [0.15, 0.2) is 22.7 Å². The van der Waals surface area contributed by atoms with E-state index < -0.39 is 6.10 Å². The predicted octanol–water partition coefficient (Wildman–Crippen LogP) is 3.61. The van der Waals surface area contributed by atoms with Crippen LogP contribution < -0.4 is 4.90 Å². The molecule has 0 saturated carbocycles. The summed E-state index contributed by atoms with van der Waals surface area (Å²) in [5.74, 6) is 0.553. The Morgan fingerprint density at radius 2 is 2.00 bits per heavy atom. The fraction of sp³-hybridized carbons (Fsp3) is 0.600. The number of benzene rings is 1. The van der Waals surface area contributed by atoms with E-state index in [0.717, 1.165) is 28.8 Å². The molecule has 1 aromatic carbocycles. The van der Waals surface area contributed by atoms with E-state index in [0.29, 0.717) is 12.5 Å². The van der Waals surface area contributed by atoms with Crippen molar-refractivity contribution in [2.45, 2.75) is 26.9 Å². The second-order valence-electron chi connectivity index (χ2n) is 5.21. The number of hydrogen-bond donors (Lipinski definition) is 1. The third-order valence-electron chi connectivity index (χ3n) is 2.93. The first-order valence-corrected chi connectivity index (χ1v) is 7.46. The Hall–Kier alpha value is -0.580. The summed E-state index contributed by atoms with van der Waals surface area (Å²) >= 11 is 3.51. The zero-order chi connectivity index (χ0) is 14.4. The van der Waals surface area contributed by atoms with E-state index in [9.17, 15) is 5.11 Å². The molecule has 1 N–H and O–H groups in total. The number of hydrogen-bond acceptors (Lipinski definition) is 3. The van der Waals surface area contributed by atoms with Crippen molar-refractivity contribution >= 4 is 21.6 Å². The quantitative estimate of drug-likeness (QED) is 0.829. The number of nitrogens with zero attached hydrogens (tertiary/aromatic N) is 1. The van der Waals surface area contributed by atoms with Crippen LogP contribution in [0.25, 0.3) is 0 Å². The molecule has 19 heavy (non-hydrogen) atoms. The minimum absolute atomic E-state index is 0.472. The summed E-state index contributed by atoms with van der Waals surface area (Å²) in [5, 5.41) is 9.93. The Labute approximate surface area is 124 Å². The van der Waals surface area contributed by atoms with Gasteiger partial charge in [0.15, 0.2) is 0 Å². The second-order valence-corrected chi connectivity index (χ2v) is 6.13. The number of halogens is 1. The van der Waals surface area contributed by atoms with E-state index in [4.69, 9.17) is 4.74 Å². The predicted molar refractivity (Wildman–Crippen MR) is 83.7 cm³/mol. The van der Waals surface area contributed by atoms with E-state index in [2.05, 4.69) is 40.7 Å². The zero-order valence-corrected chi connectivity index (χ0v) is 13.8. The summed E-state index contributed by atoms with van der Waals surface area (Å²) in [6.45, 7) is 8.64. The maximum Gasteiger partial charge on any atom is 0.0782 e. The van der Waals surface area contributed by atoms with Crippen LogP contribution >= 0.6 is 15.9 Å². The van der Waals surface area contributed by atoms with Gasteiger partial charge in [0.2, 0.25) is 0 Å². The molecule has 1 rings (SSSR count). The molecule has 0 aliphatic rings. The number of methoxy groups -OCH3 is 1. The van der Waals surface area contributed by atoms with Gasteiger partial charge >= 0.3 is 0 Å². The number of aliphatic hydroxyl groups excluding tert-OH is 1. The Morgan fingerprint density at radius 1 is 1.32 bits per heavy atom. The molecule has 0 aromatic heterocycles. The maximum atomic E-state index is 9.93. The Morgan fingerprint density at radius 3 is 2.53 bits per heavy atom. The highest BCUT2D eigenvalue weighted by Crippen LogP contribution is 2.30. The molecule has 0 bridgehead atoms. The third-order valence-corrected chi connectivity index (χ3v) is 3.43. The van der Waals surface area contributed by atoms with Crippen molar-refractivity contribution in [2.75, 3.05) is 31.7 Å². The molecule has 0 fully saturated rings. The van der Waals surface area contributed by atoms with Gasteiger partial charge in [0.25, 0.3) is 0 Å².